The Labute approximate surface area is 52.7 Å². The molecule has 2 nitrogen and oxygen atoms in total. The molecule has 0 radical (unpaired) electrons. The minimum atomic E-state index is -1.31. The summed E-state index contributed by atoms with van der Waals surface area (Å²) < 4.78 is 12.3. The van der Waals surface area contributed by atoms with E-state index in [0.29, 0.717) is 6.42 Å². The fraction of sp³-hybridized carbons (Fsp3) is 0.833. The van der Waals surface area contributed by atoms with Gasteiger partial charge >= 0.3 is 0 Å². The molecule has 3 heteroatoms. The van der Waals surface area contributed by atoms with Gasteiger partial charge in [0.05, 0.1) is 6.10 Å². The third-order valence-electron chi connectivity index (χ3n) is 1.54. The van der Waals surface area contributed by atoms with Crippen LogP contribution in [-0.4, -0.2) is 23.2 Å². The predicted octanol–water partition coefficient (Wildman–Crippen LogP) is 0.438. The number of aliphatic hydroxyl groups excluding tert-OH is 1. The Morgan fingerprint density at radius 3 is 2.67 bits per heavy atom. The number of Topliss-reactive ketones (excluding diaryl/α,β-unsaturated/α-hetero) is 1. The van der Waals surface area contributed by atoms with Gasteiger partial charge in [-0.15, -0.1) is 0 Å². The summed E-state index contributed by atoms with van der Waals surface area (Å²) in [5, 5.41) is 8.81. The first-order valence-electron chi connectivity index (χ1n) is 3.05. The van der Waals surface area contributed by atoms with E-state index in [-0.39, 0.29) is 12.8 Å². The normalized spacial score (nSPS) is 36.9. The zero-order chi connectivity index (χ0) is 6.85. The van der Waals surface area contributed by atoms with Gasteiger partial charge in [-0.2, -0.15) is 0 Å². The Bertz CT molecular complexity index is 124. The smallest absolute Gasteiger partial charge is 0.169 e. The highest BCUT2D eigenvalue weighted by Gasteiger charge is 2.26. The Morgan fingerprint density at radius 1 is 1.56 bits per heavy atom. The molecule has 1 aliphatic carbocycles. The highest BCUT2D eigenvalue weighted by Crippen LogP contribution is 2.17. The molecule has 0 saturated heterocycles. The zero-order valence-electron chi connectivity index (χ0n) is 5.01. The number of halogens is 1. The predicted molar refractivity (Wildman–Crippen MR) is 29.8 cm³/mol. The molecule has 0 aromatic carbocycles. The third-order valence-corrected chi connectivity index (χ3v) is 1.54. The van der Waals surface area contributed by atoms with Crippen molar-refractivity contribution in [2.75, 3.05) is 0 Å². The first-order valence-corrected chi connectivity index (χ1v) is 3.05. The molecule has 0 amide bonds. The van der Waals surface area contributed by atoms with E-state index in [1.165, 1.54) is 0 Å². The number of alkyl halides is 1. The summed E-state index contributed by atoms with van der Waals surface area (Å²) in [5.41, 5.74) is 0. The van der Waals surface area contributed by atoms with Crippen LogP contribution >= 0.6 is 0 Å². The second-order valence-electron chi connectivity index (χ2n) is 2.37. The molecule has 1 fully saturated rings. The topological polar surface area (TPSA) is 37.3 Å². The highest BCUT2D eigenvalue weighted by atomic mass is 19.1. The summed E-state index contributed by atoms with van der Waals surface area (Å²) in [4.78, 5) is 10.5. The van der Waals surface area contributed by atoms with Crippen LogP contribution in [0.15, 0.2) is 0 Å². The lowest BCUT2D eigenvalue weighted by Gasteiger charge is -2.17. The van der Waals surface area contributed by atoms with Crippen LogP contribution in [0, 0.1) is 0 Å². The van der Waals surface area contributed by atoms with E-state index in [0.717, 1.165) is 0 Å². The molecular weight excluding hydrogens is 123 g/mol. The molecular formula is C6H9FO2. The second-order valence-corrected chi connectivity index (χ2v) is 2.37. The Morgan fingerprint density at radius 2 is 2.22 bits per heavy atom. The van der Waals surface area contributed by atoms with Crippen molar-refractivity contribution in [2.24, 2.45) is 0 Å². The van der Waals surface area contributed by atoms with E-state index >= 15 is 0 Å². The van der Waals surface area contributed by atoms with Crippen molar-refractivity contribution >= 4 is 5.78 Å². The fourth-order valence-electron chi connectivity index (χ4n) is 0.962. The third kappa shape index (κ3) is 1.48. The molecule has 0 aliphatic heterocycles. The number of rotatable bonds is 0. The first-order chi connectivity index (χ1) is 4.20. The van der Waals surface area contributed by atoms with Crippen LogP contribution in [0.25, 0.3) is 0 Å². The van der Waals surface area contributed by atoms with Crippen LogP contribution in [0.3, 0.4) is 0 Å². The molecule has 1 saturated carbocycles. The highest BCUT2D eigenvalue weighted by molar-refractivity contribution is 5.84. The van der Waals surface area contributed by atoms with E-state index in [2.05, 4.69) is 0 Å². The zero-order valence-corrected chi connectivity index (χ0v) is 5.01. The average molecular weight is 132 g/mol. The lowest BCUT2D eigenvalue weighted by Crippen LogP contribution is -2.28. The van der Waals surface area contributed by atoms with Gasteiger partial charge in [-0.25, -0.2) is 4.39 Å². The van der Waals surface area contributed by atoms with Crippen molar-refractivity contribution in [3.8, 4) is 0 Å². The number of hydrogen-bond acceptors (Lipinski definition) is 2. The fourth-order valence-corrected chi connectivity index (χ4v) is 0.962. The Kier molecular flexibility index (Phi) is 1.81. The SMILES string of the molecule is O=C1CC(O)CCC1F. The number of carbonyl (C=O) groups is 1. The van der Waals surface area contributed by atoms with Gasteiger partial charge in [0.15, 0.2) is 12.0 Å². The van der Waals surface area contributed by atoms with Crippen molar-refractivity contribution in [1.29, 1.82) is 0 Å². The van der Waals surface area contributed by atoms with Crippen LogP contribution in [0.2, 0.25) is 0 Å². The van der Waals surface area contributed by atoms with Gasteiger partial charge in [-0.05, 0) is 12.8 Å². The van der Waals surface area contributed by atoms with Crippen molar-refractivity contribution < 1.29 is 14.3 Å². The van der Waals surface area contributed by atoms with E-state index in [9.17, 15) is 9.18 Å². The number of aliphatic hydroxyl groups is 1. The largest absolute Gasteiger partial charge is 0.393 e. The van der Waals surface area contributed by atoms with Crippen molar-refractivity contribution in [1.82, 2.24) is 0 Å². The molecule has 2 unspecified atom stereocenters. The molecule has 1 aliphatic rings. The number of hydrogen-bond donors (Lipinski definition) is 1. The van der Waals surface area contributed by atoms with Gasteiger partial charge in [0.2, 0.25) is 0 Å². The van der Waals surface area contributed by atoms with Gasteiger partial charge in [-0.3, -0.25) is 4.79 Å². The van der Waals surface area contributed by atoms with E-state index in [4.69, 9.17) is 5.11 Å². The van der Waals surface area contributed by atoms with E-state index < -0.39 is 18.1 Å². The lowest BCUT2D eigenvalue weighted by atomic mass is 9.95. The maximum absolute atomic E-state index is 12.3. The molecule has 0 aromatic rings. The van der Waals surface area contributed by atoms with Gasteiger partial charge in [-0.1, -0.05) is 0 Å². The van der Waals surface area contributed by atoms with Gasteiger partial charge in [0.1, 0.15) is 0 Å². The monoisotopic (exact) mass is 132 g/mol. The average Bonchev–Trinajstić information content (AvgIpc) is 1.80. The van der Waals surface area contributed by atoms with Gasteiger partial charge in [0.25, 0.3) is 0 Å². The summed E-state index contributed by atoms with van der Waals surface area (Å²) in [6.45, 7) is 0. The quantitative estimate of drug-likeness (QED) is 0.519. The van der Waals surface area contributed by atoms with Crippen LogP contribution in [0.5, 0.6) is 0 Å². The molecule has 52 valence electrons. The van der Waals surface area contributed by atoms with Crippen molar-refractivity contribution in [2.45, 2.75) is 31.5 Å². The van der Waals surface area contributed by atoms with Crippen LogP contribution in [0.4, 0.5) is 4.39 Å². The van der Waals surface area contributed by atoms with Crippen LogP contribution < -0.4 is 0 Å². The summed E-state index contributed by atoms with van der Waals surface area (Å²) in [6.07, 6.45) is -1.29. The van der Waals surface area contributed by atoms with E-state index in [1.54, 1.807) is 0 Å². The molecule has 2 atom stereocenters. The molecule has 9 heavy (non-hydrogen) atoms. The van der Waals surface area contributed by atoms with Gasteiger partial charge < -0.3 is 5.11 Å². The first kappa shape index (κ1) is 6.68. The maximum atomic E-state index is 12.3. The van der Waals surface area contributed by atoms with Crippen LogP contribution in [0.1, 0.15) is 19.3 Å². The standard InChI is InChI=1S/C6H9FO2/c7-5-2-1-4(8)3-6(5)9/h4-5,8H,1-3H2. The Hall–Kier alpha value is -0.440. The molecule has 1 rings (SSSR count). The molecule has 1 N–H and O–H groups in total. The van der Waals surface area contributed by atoms with Gasteiger partial charge in [0, 0.05) is 6.42 Å². The molecule has 0 spiro atoms. The van der Waals surface area contributed by atoms with Crippen molar-refractivity contribution in [3.63, 3.8) is 0 Å². The number of ketones is 1. The van der Waals surface area contributed by atoms with Crippen molar-refractivity contribution in [3.05, 3.63) is 0 Å². The number of carbonyl (C=O) groups excluding carboxylic acids is 1. The lowest BCUT2D eigenvalue weighted by molar-refractivity contribution is -0.128. The Balaban J connectivity index is 2.44. The molecule has 0 bridgehead atoms. The molecule has 0 heterocycles. The minimum absolute atomic E-state index is 0.00116. The summed E-state index contributed by atoms with van der Waals surface area (Å²) in [5.74, 6) is -0.450. The summed E-state index contributed by atoms with van der Waals surface area (Å²) >= 11 is 0. The van der Waals surface area contributed by atoms with Crippen LogP contribution in [-0.2, 0) is 4.79 Å². The minimum Gasteiger partial charge on any atom is -0.393 e. The van der Waals surface area contributed by atoms with E-state index in [1.807, 2.05) is 0 Å². The second kappa shape index (κ2) is 2.43. The maximum Gasteiger partial charge on any atom is 0.169 e. The molecule has 0 aromatic heterocycles. The summed E-state index contributed by atoms with van der Waals surface area (Å²) in [6, 6.07) is 0. The summed E-state index contributed by atoms with van der Waals surface area (Å²) in [7, 11) is 0.